The van der Waals surface area contributed by atoms with Crippen molar-refractivity contribution in [2.24, 2.45) is 0 Å². The first kappa shape index (κ1) is 18.4. The Hall–Kier alpha value is -0.659. The van der Waals surface area contributed by atoms with Gasteiger partial charge < -0.3 is 4.43 Å². The second-order valence-electron chi connectivity index (χ2n) is 8.76. The van der Waals surface area contributed by atoms with Crippen LogP contribution in [0.25, 0.3) is 0 Å². The molecule has 0 atom stereocenters. The van der Waals surface area contributed by atoms with Crippen molar-refractivity contribution >= 4 is 40.8 Å². The number of hydrogen-bond acceptors (Lipinski definition) is 2. The molecule has 21 heavy (non-hydrogen) atoms. The van der Waals surface area contributed by atoms with E-state index >= 15 is 0 Å². The van der Waals surface area contributed by atoms with Crippen molar-refractivity contribution < 1.29 is 9.22 Å². The maximum atomic E-state index is 12.5. The Kier molecular flexibility index (Phi) is 5.13. The molecule has 0 radical (unpaired) electrons. The molecule has 2 nitrogen and oxygen atoms in total. The monoisotopic (exact) mass is 338 g/mol. The van der Waals surface area contributed by atoms with Gasteiger partial charge >= 0.3 is 5.97 Å². The SMILES string of the molecule is C[Si](C)(C)OC(=O)c1ccc([Si](C)(C)C)cc1[Si](C)(C)C. The summed E-state index contributed by atoms with van der Waals surface area (Å²) >= 11 is 0. The fourth-order valence-corrected chi connectivity index (χ4v) is 5.70. The van der Waals surface area contributed by atoms with Crippen LogP contribution in [-0.4, -0.2) is 30.4 Å². The molecule has 0 amide bonds. The van der Waals surface area contributed by atoms with Crippen molar-refractivity contribution in [3.8, 4) is 0 Å². The Morgan fingerprint density at radius 3 is 1.76 bits per heavy atom. The van der Waals surface area contributed by atoms with Crippen LogP contribution in [-0.2, 0) is 4.43 Å². The smallest absolute Gasteiger partial charge is 0.324 e. The molecule has 0 aliphatic heterocycles. The summed E-state index contributed by atoms with van der Waals surface area (Å²) in [6, 6.07) is 6.43. The van der Waals surface area contributed by atoms with Gasteiger partial charge in [-0.1, -0.05) is 56.6 Å². The van der Waals surface area contributed by atoms with E-state index in [-0.39, 0.29) is 5.97 Å². The zero-order chi connectivity index (χ0) is 16.6. The predicted octanol–water partition coefficient (Wildman–Crippen LogP) is 3.77. The minimum Gasteiger partial charge on any atom is -0.516 e. The average Bonchev–Trinajstić information content (AvgIpc) is 2.23. The molecular weight excluding hydrogens is 308 g/mol. The van der Waals surface area contributed by atoms with Crippen LogP contribution in [0.3, 0.4) is 0 Å². The maximum Gasteiger partial charge on any atom is 0.324 e. The quantitative estimate of drug-likeness (QED) is 0.781. The summed E-state index contributed by atoms with van der Waals surface area (Å²) in [6.07, 6.45) is 0. The molecule has 0 aliphatic carbocycles. The van der Waals surface area contributed by atoms with Crippen LogP contribution in [0.4, 0.5) is 0 Å². The first-order chi connectivity index (χ1) is 9.22. The normalized spacial score (nSPS) is 13.2. The van der Waals surface area contributed by atoms with Crippen molar-refractivity contribution in [1.82, 2.24) is 0 Å². The minimum atomic E-state index is -1.86. The highest BCUT2D eigenvalue weighted by Crippen LogP contribution is 2.13. The lowest BCUT2D eigenvalue weighted by Gasteiger charge is -2.26. The lowest BCUT2D eigenvalue weighted by atomic mass is 10.2. The van der Waals surface area contributed by atoms with E-state index in [0.717, 1.165) is 5.56 Å². The number of rotatable bonds is 4. The first-order valence-corrected chi connectivity index (χ1v) is 18.0. The maximum absolute atomic E-state index is 12.5. The first-order valence-electron chi connectivity index (χ1n) is 7.60. The average molecular weight is 339 g/mol. The van der Waals surface area contributed by atoms with Gasteiger partial charge in [0.05, 0.1) is 21.7 Å². The summed E-state index contributed by atoms with van der Waals surface area (Å²) in [7, 11) is -4.82. The zero-order valence-corrected chi connectivity index (χ0v) is 18.0. The molecule has 1 aromatic rings. The number of hydrogen-bond donors (Lipinski definition) is 0. The summed E-state index contributed by atoms with van der Waals surface area (Å²) in [5, 5.41) is 2.66. The molecule has 5 heteroatoms. The van der Waals surface area contributed by atoms with E-state index in [0.29, 0.717) is 0 Å². The van der Waals surface area contributed by atoms with Crippen molar-refractivity contribution in [3.05, 3.63) is 23.8 Å². The molecule has 0 fully saturated rings. The van der Waals surface area contributed by atoms with Crippen LogP contribution < -0.4 is 10.4 Å². The topological polar surface area (TPSA) is 26.3 Å². The lowest BCUT2D eigenvalue weighted by Crippen LogP contribution is -2.48. The van der Waals surface area contributed by atoms with Gasteiger partial charge in [0.15, 0.2) is 0 Å². The number of carbonyl (C=O) groups is 1. The van der Waals surface area contributed by atoms with Gasteiger partial charge in [0, 0.05) is 0 Å². The van der Waals surface area contributed by atoms with Gasteiger partial charge in [0.2, 0.25) is 8.32 Å². The summed E-state index contributed by atoms with van der Waals surface area (Å²) in [6.45, 7) is 20.1. The van der Waals surface area contributed by atoms with Gasteiger partial charge in [0.1, 0.15) is 0 Å². The summed E-state index contributed by atoms with van der Waals surface area (Å²) in [4.78, 5) is 12.5. The van der Waals surface area contributed by atoms with Crippen LogP contribution in [0.1, 0.15) is 10.4 Å². The molecule has 118 valence electrons. The largest absolute Gasteiger partial charge is 0.516 e. The van der Waals surface area contributed by atoms with Gasteiger partial charge in [-0.05, 0) is 30.9 Å². The van der Waals surface area contributed by atoms with Gasteiger partial charge in [-0.2, -0.15) is 0 Å². The van der Waals surface area contributed by atoms with E-state index in [9.17, 15) is 4.79 Å². The fourth-order valence-electron chi connectivity index (χ4n) is 2.14. The molecule has 0 aromatic heterocycles. The van der Waals surface area contributed by atoms with E-state index in [1.807, 2.05) is 6.07 Å². The number of benzene rings is 1. The van der Waals surface area contributed by atoms with Crippen molar-refractivity contribution in [2.75, 3.05) is 0 Å². The highest BCUT2D eigenvalue weighted by molar-refractivity contribution is 6.92. The van der Waals surface area contributed by atoms with E-state index in [4.69, 9.17) is 4.43 Å². The highest BCUT2D eigenvalue weighted by Gasteiger charge is 2.29. The van der Waals surface area contributed by atoms with Crippen LogP contribution in [0.15, 0.2) is 18.2 Å². The molecule has 1 rings (SSSR count). The van der Waals surface area contributed by atoms with Crippen LogP contribution in [0.5, 0.6) is 0 Å². The molecule has 0 saturated heterocycles. The highest BCUT2D eigenvalue weighted by atomic mass is 28.4. The van der Waals surface area contributed by atoms with Crippen LogP contribution in [0.2, 0.25) is 58.9 Å². The molecule has 0 N–H and O–H groups in total. The standard InChI is InChI=1S/C16H30O2Si3/c1-19(2,3)13-10-11-14(15(12-13)20(4,5)6)16(17)18-21(7,8)9/h10-12H,1-9H3. The Morgan fingerprint density at radius 1 is 0.857 bits per heavy atom. The Labute approximate surface area is 133 Å². The molecule has 0 aliphatic rings. The third-order valence-electron chi connectivity index (χ3n) is 3.31. The van der Waals surface area contributed by atoms with Gasteiger partial charge in [-0.3, -0.25) is 0 Å². The predicted molar refractivity (Wildman–Crippen MR) is 101 cm³/mol. The Morgan fingerprint density at radius 2 is 1.38 bits per heavy atom. The van der Waals surface area contributed by atoms with Crippen LogP contribution >= 0.6 is 0 Å². The molecule has 0 spiro atoms. The van der Waals surface area contributed by atoms with Crippen molar-refractivity contribution in [3.63, 3.8) is 0 Å². The van der Waals surface area contributed by atoms with Gasteiger partial charge in [0.25, 0.3) is 0 Å². The summed E-state index contributed by atoms with van der Waals surface area (Å²) in [5.41, 5.74) is 0.790. The van der Waals surface area contributed by atoms with E-state index in [1.165, 1.54) is 10.4 Å². The van der Waals surface area contributed by atoms with Gasteiger partial charge in [-0.25, -0.2) is 4.79 Å². The van der Waals surface area contributed by atoms with E-state index < -0.39 is 24.5 Å². The molecule has 0 heterocycles. The van der Waals surface area contributed by atoms with Crippen LogP contribution in [0, 0.1) is 0 Å². The summed E-state index contributed by atoms with van der Waals surface area (Å²) < 4.78 is 5.72. The van der Waals surface area contributed by atoms with Gasteiger partial charge in [-0.15, -0.1) is 0 Å². The van der Waals surface area contributed by atoms with E-state index in [1.54, 1.807) is 0 Å². The van der Waals surface area contributed by atoms with Crippen molar-refractivity contribution in [2.45, 2.75) is 58.9 Å². The lowest BCUT2D eigenvalue weighted by molar-refractivity contribution is 0.0726. The third kappa shape index (κ3) is 5.23. The molecule has 0 saturated carbocycles. The summed E-state index contributed by atoms with van der Waals surface area (Å²) in [5.74, 6) is -0.131. The molecular formula is C16H30O2Si3. The molecule has 1 aromatic carbocycles. The second-order valence-corrected chi connectivity index (χ2v) is 23.3. The zero-order valence-electron chi connectivity index (χ0n) is 15.0. The minimum absolute atomic E-state index is 0.131. The van der Waals surface area contributed by atoms with E-state index in [2.05, 4.69) is 71.1 Å². The molecule has 0 bridgehead atoms. The fraction of sp³-hybridized carbons (Fsp3) is 0.562. The Balaban J connectivity index is 3.37. The van der Waals surface area contributed by atoms with Crippen molar-refractivity contribution in [1.29, 1.82) is 0 Å². The Bertz CT molecular complexity index is 532. The third-order valence-corrected chi connectivity index (χ3v) is 8.18. The molecule has 0 unspecified atom stereocenters. The number of carbonyl (C=O) groups excluding carboxylic acids is 1. The second kappa shape index (κ2) is 5.85.